The van der Waals surface area contributed by atoms with Gasteiger partial charge in [-0.25, -0.2) is 0 Å². The molecule has 0 amide bonds. The van der Waals surface area contributed by atoms with Gasteiger partial charge in [0, 0.05) is 26.7 Å². The number of aryl methyl sites for hydroxylation is 1. The number of nitrogens with one attached hydrogen (secondary N) is 1. The van der Waals surface area contributed by atoms with E-state index in [9.17, 15) is 0 Å². The summed E-state index contributed by atoms with van der Waals surface area (Å²) in [6.07, 6.45) is 0. The van der Waals surface area contributed by atoms with Gasteiger partial charge in [0.05, 0.1) is 13.2 Å². The first-order valence-electron chi connectivity index (χ1n) is 6.60. The van der Waals surface area contributed by atoms with E-state index in [1.54, 1.807) is 7.11 Å². The predicted molar refractivity (Wildman–Crippen MR) is 95.0 cm³/mol. The second-order valence-electron chi connectivity index (χ2n) is 4.84. The average molecular weight is 414 g/mol. The van der Waals surface area contributed by atoms with E-state index < -0.39 is 0 Å². The third-order valence-electron chi connectivity index (χ3n) is 3.19. The highest BCUT2D eigenvalue weighted by molar-refractivity contribution is 9.10. The van der Waals surface area contributed by atoms with Crippen molar-refractivity contribution in [1.82, 2.24) is 0 Å². The topological polar surface area (TPSA) is 47.3 Å². The Labute approximate surface area is 142 Å². The number of nitrogens with two attached hydrogens (primary N) is 1. The van der Waals surface area contributed by atoms with Crippen LogP contribution in [0, 0.1) is 6.92 Å². The highest BCUT2D eigenvalue weighted by Gasteiger charge is 2.15. The van der Waals surface area contributed by atoms with E-state index in [1.165, 1.54) is 5.56 Å². The van der Waals surface area contributed by atoms with Gasteiger partial charge in [-0.3, -0.25) is 0 Å². The molecule has 2 aromatic carbocycles. The molecular formula is C16H18Br2N2O. The Morgan fingerprint density at radius 1 is 1.14 bits per heavy atom. The van der Waals surface area contributed by atoms with Crippen LogP contribution in [0.15, 0.2) is 45.3 Å². The predicted octanol–water partition coefficient (Wildman–Crippen LogP) is 4.64. The maximum absolute atomic E-state index is 5.96. The molecule has 2 aromatic rings. The van der Waals surface area contributed by atoms with E-state index >= 15 is 0 Å². The maximum atomic E-state index is 5.96. The van der Waals surface area contributed by atoms with Gasteiger partial charge in [0.25, 0.3) is 0 Å². The summed E-state index contributed by atoms with van der Waals surface area (Å²) in [5.41, 5.74) is 9.20. The molecule has 0 saturated carbocycles. The van der Waals surface area contributed by atoms with Crippen molar-refractivity contribution in [2.75, 3.05) is 19.0 Å². The third kappa shape index (κ3) is 4.22. The molecule has 0 aromatic heterocycles. The smallest absolute Gasteiger partial charge is 0.124 e. The molecule has 0 aliphatic rings. The molecule has 0 radical (unpaired) electrons. The fraction of sp³-hybridized carbons (Fsp3) is 0.250. The first kappa shape index (κ1) is 16.3. The second kappa shape index (κ2) is 7.29. The van der Waals surface area contributed by atoms with Gasteiger partial charge in [0.15, 0.2) is 0 Å². The van der Waals surface area contributed by atoms with Crippen LogP contribution < -0.4 is 15.8 Å². The lowest BCUT2D eigenvalue weighted by molar-refractivity contribution is 0.407. The molecule has 0 aliphatic carbocycles. The summed E-state index contributed by atoms with van der Waals surface area (Å²) in [5, 5.41) is 3.47. The van der Waals surface area contributed by atoms with Crippen molar-refractivity contribution < 1.29 is 4.74 Å². The molecule has 3 nitrogen and oxygen atoms in total. The van der Waals surface area contributed by atoms with Crippen LogP contribution in [0.5, 0.6) is 5.75 Å². The van der Waals surface area contributed by atoms with Crippen molar-refractivity contribution in [3.63, 3.8) is 0 Å². The van der Waals surface area contributed by atoms with Crippen molar-refractivity contribution in [2.24, 2.45) is 5.73 Å². The number of anilines is 1. The number of hydrogen-bond donors (Lipinski definition) is 2. The summed E-state index contributed by atoms with van der Waals surface area (Å²) in [7, 11) is 1.67. The van der Waals surface area contributed by atoms with Crippen LogP contribution in [0.4, 0.5) is 5.69 Å². The third-order valence-corrected chi connectivity index (χ3v) is 4.14. The Kier molecular flexibility index (Phi) is 5.67. The van der Waals surface area contributed by atoms with E-state index in [-0.39, 0.29) is 6.04 Å². The molecule has 112 valence electrons. The Hall–Kier alpha value is -1.04. The van der Waals surface area contributed by atoms with Crippen LogP contribution in [-0.4, -0.2) is 13.7 Å². The van der Waals surface area contributed by atoms with Gasteiger partial charge in [-0.05, 0) is 48.9 Å². The number of halogens is 2. The van der Waals surface area contributed by atoms with Crippen LogP contribution in [0.25, 0.3) is 0 Å². The zero-order chi connectivity index (χ0) is 15.4. The van der Waals surface area contributed by atoms with E-state index in [1.807, 2.05) is 24.3 Å². The number of methoxy groups -OCH3 is 1. The van der Waals surface area contributed by atoms with Crippen molar-refractivity contribution in [2.45, 2.75) is 13.0 Å². The number of rotatable bonds is 5. The number of ether oxygens (including phenoxy) is 1. The number of hydrogen-bond acceptors (Lipinski definition) is 3. The lowest BCUT2D eigenvalue weighted by Gasteiger charge is -2.21. The minimum absolute atomic E-state index is 0.0221. The highest BCUT2D eigenvalue weighted by atomic mass is 79.9. The van der Waals surface area contributed by atoms with E-state index in [0.29, 0.717) is 6.54 Å². The van der Waals surface area contributed by atoms with Crippen molar-refractivity contribution >= 4 is 37.5 Å². The monoisotopic (exact) mass is 412 g/mol. The van der Waals surface area contributed by atoms with Crippen molar-refractivity contribution in [1.29, 1.82) is 0 Å². The van der Waals surface area contributed by atoms with Gasteiger partial charge < -0.3 is 15.8 Å². The molecule has 0 fully saturated rings. The van der Waals surface area contributed by atoms with Gasteiger partial charge in [0.1, 0.15) is 5.75 Å². The summed E-state index contributed by atoms with van der Waals surface area (Å²) in [5.74, 6) is 0.827. The Bertz CT molecular complexity index is 611. The van der Waals surface area contributed by atoms with E-state index in [0.717, 1.165) is 25.9 Å². The maximum Gasteiger partial charge on any atom is 0.124 e. The highest BCUT2D eigenvalue weighted by Crippen LogP contribution is 2.31. The molecule has 1 unspecified atom stereocenters. The first-order valence-corrected chi connectivity index (χ1v) is 8.19. The fourth-order valence-electron chi connectivity index (χ4n) is 2.26. The largest absolute Gasteiger partial charge is 0.496 e. The summed E-state index contributed by atoms with van der Waals surface area (Å²) in [4.78, 5) is 0. The molecule has 0 spiro atoms. The normalized spacial score (nSPS) is 12.0. The Morgan fingerprint density at radius 2 is 1.90 bits per heavy atom. The van der Waals surface area contributed by atoms with Crippen molar-refractivity contribution in [3.05, 3.63) is 56.5 Å². The Balaban J connectivity index is 2.33. The van der Waals surface area contributed by atoms with Crippen LogP contribution in [0.1, 0.15) is 17.2 Å². The molecule has 21 heavy (non-hydrogen) atoms. The average Bonchev–Trinajstić information content (AvgIpc) is 2.43. The van der Waals surface area contributed by atoms with Gasteiger partial charge >= 0.3 is 0 Å². The molecule has 0 saturated heterocycles. The van der Waals surface area contributed by atoms with Crippen LogP contribution in [0.2, 0.25) is 0 Å². The standard InChI is InChI=1S/C16H18Br2N2O/c1-10-5-12(18)7-13(6-10)20-15(9-19)14-8-11(17)3-4-16(14)21-2/h3-8,15,20H,9,19H2,1-2H3. The lowest BCUT2D eigenvalue weighted by atomic mass is 10.0. The van der Waals surface area contributed by atoms with Crippen LogP contribution >= 0.6 is 31.9 Å². The van der Waals surface area contributed by atoms with Gasteiger partial charge in [-0.15, -0.1) is 0 Å². The molecule has 0 aliphatic heterocycles. The summed E-state index contributed by atoms with van der Waals surface area (Å²) >= 11 is 7.02. The van der Waals surface area contributed by atoms with Gasteiger partial charge in [0.2, 0.25) is 0 Å². The zero-order valence-corrected chi connectivity index (χ0v) is 15.2. The quantitative estimate of drug-likeness (QED) is 0.750. The number of benzene rings is 2. The molecule has 0 heterocycles. The molecule has 3 N–H and O–H groups in total. The van der Waals surface area contributed by atoms with Crippen LogP contribution in [0.3, 0.4) is 0 Å². The molecule has 0 bridgehead atoms. The molecule has 5 heteroatoms. The lowest BCUT2D eigenvalue weighted by Crippen LogP contribution is -2.21. The molecule has 1 atom stereocenters. The summed E-state index contributed by atoms with van der Waals surface area (Å²) in [6.45, 7) is 2.53. The summed E-state index contributed by atoms with van der Waals surface area (Å²) in [6, 6.07) is 12.1. The first-order chi connectivity index (χ1) is 10.0. The zero-order valence-electron chi connectivity index (χ0n) is 12.0. The second-order valence-corrected chi connectivity index (χ2v) is 6.67. The minimum atomic E-state index is -0.0221. The molecule has 2 rings (SSSR count). The SMILES string of the molecule is COc1ccc(Br)cc1C(CN)Nc1cc(C)cc(Br)c1. The Morgan fingerprint density at radius 3 is 2.52 bits per heavy atom. The minimum Gasteiger partial charge on any atom is -0.496 e. The molecular weight excluding hydrogens is 396 g/mol. The summed E-state index contributed by atoms with van der Waals surface area (Å²) < 4.78 is 7.49. The van der Waals surface area contributed by atoms with Gasteiger partial charge in [-0.1, -0.05) is 31.9 Å². The van der Waals surface area contributed by atoms with Crippen LogP contribution in [-0.2, 0) is 0 Å². The van der Waals surface area contributed by atoms with E-state index in [2.05, 4.69) is 56.2 Å². The fourth-order valence-corrected chi connectivity index (χ4v) is 3.25. The van der Waals surface area contributed by atoms with Gasteiger partial charge in [-0.2, -0.15) is 0 Å². The van der Waals surface area contributed by atoms with Crippen molar-refractivity contribution in [3.8, 4) is 5.75 Å². The van der Waals surface area contributed by atoms with E-state index in [4.69, 9.17) is 10.5 Å².